The van der Waals surface area contributed by atoms with Gasteiger partial charge in [0.15, 0.2) is 6.29 Å². The summed E-state index contributed by atoms with van der Waals surface area (Å²) in [6, 6.07) is 0. The van der Waals surface area contributed by atoms with E-state index >= 15 is 0 Å². The molecule has 0 aromatic carbocycles. The molecule has 0 N–H and O–H groups in total. The molecule has 0 aliphatic heterocycles. The first-order valence-electron chi connectivity index (χ1n) is 3.46. The Hall–Kier alpha value is -0.830. The van der Waals surface area contributed by atoms with Gasteiger partial charge in [0.2, 0.25) is 0 Å². The highest BCUT2D eigenvalue weighted by Gasteiger charge is 2.03. The Morgan fingerprint density at radius 1 is 1.82 bits per heavy atom. The van der Waals surface area contributed by atoms with E-state index in [4.69, 9.17) is 11.6 Å². The van der Waals surface area contributed by atoms with Crippen LogP contribution in [0.25, 0.3) is 0 Å². The van der Waals surface area contributed by atoms with Crippen LogP contribution < -0.4 is 0 Å². The molecule has 4 heteroatoms. The molecule has 0 atom stereocenters. The average molecular weight is 173 g/mol. The number of nitrogens with zero attached hydrogens (tertiary/aromatic N) is 2. The molecular weight excluding hydrogens is 164 g/mol. The van der Waals surface area contributed by atoms with Gasteiger partial charge < -0.3 is 0 Å². The van der Waals surface area contributed by atoms with Gasteiger partial charge in [-0.15, -0.1) is 0 Å². The number of hydrogen-bond donors (Lipinski definition) is 0. The van der Waals surface area contributed by atoms with Crippen molar-refractivity contribution in [3.05, 3.63) is 16.9 Å². The minimum Gasteiger partial charge on any atom is -0.296 e. The molecule has 0 aliphatic carbocycles. The fourth-order valence-corrected chi connectivity index (χ4v) is 1.03. The molecule has 3 nitrogen and oxygen atoms in total. The van der Waals surface area contributed by atoms with Gasteiger partial charge in [-0.3, -0.25) is 9.48 Å². The Kier molecular flexibility index (Phi) is 2.65. The van der Waals surface area contributed by atoms with E-state index in [0.29, 0.717) is 17.0 Å². The number of aryl methyl sites for hydroxylation is 1. The summed E-state index contributed by atoms with van der Waals surface area (Å²) in [5.41, 5.74) is 0.320. The van der Waals surface area contributed by atoms with E-state index in [1.165, 1.54) is 0 Å². The Morgan fingerprint density at radius 3 is 3.00 bits per heavy atom. The standard InChI is InChI=1S/C7H9ClN2O/c1-2-3-10-4-6(8)7(5-11)9-10/h4-5H,2-3H2,1H3. The first-order chi connectivity index (χ1) is 5.27. The maximum Gasteiger partial charge on any atom is 0.171 e. The van der Waals surface area contributed by atoms with Crippen molar-refractivity contribution < 1.29 is 4.79 Å². The third-order valence-electron chi connectivity index (χ3n) is 1.31. The number of hydrogen-bond acceptors (Lipinski definition) is 2. The molecule has 0 spiro atoms. The monoisotopic (exact) mass is 172 g/mol. The van der Waals surface area contributed by atoms with Crippen LogP contribution in [0.3, 0.4) is 0 Å². The van der Waals surface area contributed by atoms with Gasteiger partial charge in [0, 0.05) is 12.7 Å². The molecule has 0 radical (unpaired) electrons. The van der Waals surface area contributed by atoms with Crippen LogP contribution >= 0.6 is 11.6 Å². The van der Waals surface area contributed by atoms with Gasteiger partial charge in [0.25, 0.3) is 0 Å². The molecule has 0 fully saturated rings. The van der Waals surface area contributed by atoms with Crippen molar-refractivity contribution in [3.8, 4) is 0 Å². The molecule has 1 heterocycles. The molecule has 0 saturated heterocycles. The third kappa shape index (κ3) is 1.80. The van der Waals surface area contributed by atoms with E-state index in [1.54, 1.807) is 10.9 Å². The number of rotatable bonds is 3. The van der Waals surface area contributed by atoms with Crippen molar-refractivity contribution >= 4 is 17.9 Å². The van der Waals surface area contributed by atoms with Gasteiger partial charge in [-0.1, -0.05) is 18.5 Å². The number of carbonyl (C=O) groups is 1. The van der Waals surface area contributed by atoms with Gasteiger partial charge in [-0.05, 0) is 6.42 Å². The number of aldehydes is 1. The number of halogens is 1. The zero-order valence-electron chi connectivity index (χ0n) is 6.25. The first-order valence-corrected chi connectivity index (χ1v) is 3.84. The Labute approximate surface area is 70.0 Å². The molecule has 0 amide bonds. The second-order valence-electron chi connectivity index (χ2n) is 2.24. The maximum absolute atomic E-state index is 10.3. The maximum atomic E-state index is 10.3. The van der Waals surface area contributed by atoms with E-state index in [2.05, 4.69) is 5.10 Å². The van der Waals surface area contributed by atoms with Crippen molar-refractivity contribution in [2.45, 2.75) is 19.9 Å². The van der Waals surface area contributed by atoms with Crippen molar-refractivity contribution in [2.24, 2.45) is 0 Å². The molecule has 0 aliphatic rings. The zero-order chi connectivity index (χ0) is 8.27. The second-order valence-corrected chi connectivity index (χ2v) is 2.65. The van der Waals surface area contributed by atoms with Crippen LogP contribution in [-0.2, 0) is 6.54 Å². The predicted octanol–water partition coefficient (Wildman–Crippen LogP) is 1.76. The van der Waals surface area contributed by atoms with Gasteiger partial charge in [-0.2, -0.15) is 5.10 Å². The van der Waals surface area contributed by atoms with E-state index in [0.717, 1.165) is 13.0 Å². The Morgan fingerprint density at radius 2 is 2.55 bits per heavy atom. The molecule has 11 heavy (non-hydrogen) atoms. The lowest BCUT2D eigenvalue weighted by molar-refractivity contribution is 0.111. The normalized spacial score (nSPS) is 10.0. The Balaban J connectivity index is 2.86. The topological polar surface area (TPSA) is 34.9 Å². The molecule has 0 bridgehead atoms. The molecule has 0 saturated carbocycles. The quantitative estimate of drug-likeness (QED) is 0.652. The number of aromatic nitrogens is 2. The summed E-state index contributed by atoms with van der Waals surface area (Å²) in [6.07, 6.45) is 3.31. The van der Waals surface area contributed by atoms with Gasteiger partial charge in [0.1, 0.15) is 5.69 Å². The summed E-state index contributed by atoms with van der Waals surface area (Å²) in [4.78, 5) is 10.3. The molecule has 1 aromatic heterocycles. The summed E-state index contributed by atoms with van der Waals surface area (Å²) >= 11 is 5.67. The van der Waals surface area contributed by atoms with E-state index < -0.39 is 0 Å². The number of carbonyl (C=O) groups excluding carboxylic acids is 1. The fourth-order valence-electron chi connectivity index (χ4n) is 0.835. The van der Waals surface area contributed by atoms with Crippen LogP contribution in [0.4, 0.5) is 0 Å². The highest BCUT2D eigenvalue weighted by Crippen LogP contribution is 2.11. The minimum atomic E-state index is 0.320. The fraction of sp³-hybridized carbons (Fsp3) is 0.429. The SMILES string of the molecule is CCCn1cc(Cl)c(C=O)n1. The van der Waals surface area contributed by atoms with Gasteiger partial charge in [-0.25, -0.2) is 0 Å². The van der Waals surface area contributed by atoms with Crippen molar-refractivity contribution in [1.29, 1.82) is 0 Å². The third-order valence-corrected chi connectivity index (χ3v) is 1.60. The van der Waals surface area contributed by atoms with Crippen molar-refractivity contribution in [1.82, 2.24) is 9.78 Å². The lowest BCUT2D eigenvalue weighted by atomic mass is 10.5. The van der Waals surface area contributed by atoms with Crippen LogP contribution in [0.1, 0.15) is 23.8 Å². The first kappa shape index (κ1) is 8.27. The summed E-state index contributed by atoms with van der Waals surface area (Å²) in [5, 5.41) is 4.36. The van der Waals surface area contributed by atoms with Crippen molar-refractivity contribution in [2.75, 3.05) is 0 Å². The highest BCUT2D eigenvalue weighted by atomic mass is 35.5. The van der Waals surface area contributed by atoms with Crippen LogP contribution in [0.2, 0.25) is 5.02 Å². The van der Waals surface area contributed by atoms with Crippen LogP contribution in [0, 0.1) is 0 Å². The molecule has 1 rings (SSSR count). The molecule has 60 valence electrons. The zero-order valence-corrected chi connectivity index (χ0v) is 7.01. The Bertz CT molecular complexity index is 257. The van der Waals surface area contributed by atoms with E-state index in [9.17, 15) is 4.79 Å². The summed E-state index contributed by atoms with van der Waals surface area (Å²) < 4.78 is 1.67. The van der Waals surface area contributed by atoms with Crippen LogP contribution in [0.15, 0.2) is 6.20 Å². The highest BCUT2D eigenvalue weighted by molar-refractivity contribution is 6.32. The largest absolute Gasteiger partial charge is 0.296 e. The van der Waals surface area contributed by atoms with Crippen molar-refractivity contribution in [3.63, 3.8) is 0 Å². The summed E-state index contributed by atoms with van der Waals surface area (Å²) in [5.74, 6) is 0. The summed E-state index contributed by atoms with van der Waals surface area (Å²) in [7, 11) is 0. The lowest BCUT2D eigenvalue weighted by Crippen LogP contribution is -1.97. The molecule has 0 unspecified atom stereocenters. The van der Waals surface area contributed by atoms with Gasteiger partial charge in [0.05, 0.1) is 5.02 Å². The second kappa shape index (κ2) is 3.53. The molecule has 1 aromatic rings. The molecular formula is C7H9ClN2O. The van der Waals surface area contributed by atoms with Crippen LogP contribution in [-0.4, -0.2) is 16.1 Å². The summed E-state index contributed by atoms with van der Waals surface area (Å²) in [6.45, 7) is 2.84. The van der Waals surface area contributed by atoms with Gasteiger partial charge >= 0.3 is 0 Å². The van der Waals surface area contributed by atoms with E-state index in [1.807, 2.05) is 6.92 Å². The lowest BCUT2D eigenvalue weighted by Gasteiger charge is -1.93. The predicted molar refractivity (Wildman–Crippen MR) is 42.9 cm³/mol. The van der Waals surface area contributed by atoms with Crippen LogP contribution in [0.5, 0.6) is 0 Å². The smallest absolute Gasteiger partial charge is 0.171 e. The average Bonchev–Trinajstić information content (AvgIpc) is 2.32. The minimum absolute atomic E-state index is 0.320. The van der Waals surface area contributed by atoms with E-state index in [-0.39, 0.29) is 0 Å².